The zero-order valence-electron chi connectivity index (χ0n) is 19.8. The molecule has 0 radical (unpaired) electrons. The molecule has 2 aromatic carbocycles. The first-order valence-corrected chi connectivity index (χ1v) is 13.3. The predicted molar refractivity (Wildman–Crippen MR) is 131 cm³/mol. The Bertz CT molecular complexity index is 1380. The molecule has 3 heterocycles. The Kier molecular flexibility index (Phi) is 5.13. The number of phenolic OH excluding ortho intramolecular Hbond substituents is 1. The van der Waals surface area contributed by atoms with Crippen LogP contribution in [-0.2, 0) is 15.3 Å². The number of rotatable bonds is 3. The van der Waals surface area contributed by atoms with Crippen molar-refractivity contribution in [1.29, 1.82) is 0 Å². The minimum absolute atomic E-state index is 0.0252. The fourth-order valence-corrected chi connectivity index (χ4v) is 6.79. The van der Waals surface area contributed by atoms with Gasteiger partial charge in [-0.05, 0) is 42.0 Å². The number of hydrogen-bond donors (Lipinski definition) is 2. The van der Waals surface area contributed by atoms with Crippen LogP contribution in [0.25, 0.3) is 11.3 Å². The molecular formula is C26H29N3O4S. The lowest BCUT2D eigenvalue weighted by atomic mass is 9.85. The molecular weight excluding hydrogens is 450 g/mol. The number of amides is 1. The van der Waals surface area contributed by atoms with Crippen LogP contribution in [0.15, 0.2) is 42.5 Å². The van der Waals surface area contributed by atoms with Gasteiger partial charge in [0, 0.05) is 17.2 Å². The van der Waals surface area contributed by atoms with Crippen molar-refractivity contribution in [2.75, 3.05) is 11.5 Å². The molecule has 7 nitrogen and oxygen atoms in total. The number of fused-ring (bicyclic) bond motifs is 1. The molecule has 2 aliphatic heterocycles. The van der Waals surface area contributed by atoms with Gasteiger partial charge in [0.2, 0.25) is 0 Å². The second kappa shape index (κ2) is 7.70. The Morgan fingerprint density at radius 3 is 2.44 bits per heavy atom. The third kappa shape index (κ3) is 3.70. The van der Waals surface area contributed by atoms with Gasteiger partial charge in [0.25, 0.3) is 5.91 Å². The number of nitrogens with one attached hydrogen (secondary N) is 1. The molecule has 8 heteroatoms. The fourth-order valence-electron chi connectivity index (χ4n) is 5.07. The summed E-state index contributed by atoms with van der Waals surface area (Å²) in [5.74, 6) is -0.142. The predicted octanol–water partition coefficient (Wildman–Crippen LogP) is 4.12. The summed E-state index contributed by atoms with van der Waals surface area (Å²) in [5.41, 5.74) is 5.07. The van der Waals surface area contributed by atoms with E-state index in [9.17, 15) is 18.3 Å². The number of H-pyrrole nitrogens is 1. The normalized spacial score (nSPS) is 21.8. The van der Waals surface area contributed by atoms with Crippen LogP contribution in [0.3, 0.4) is 0 Å². The van der Waals surface area contributed by atoms with Crippen molar-refractivity contribution in [3.8, 4) is 17.0 Å². The van der Waals surface area contributed by atoms with Gasteiger partial charge in [-0.25, -0.2) is 8.42 Å². The largest absolute Gasteiger partial charge is 0.507 e. The molecule has 0 aliphatic carbocycles. The van der Waals surface area contributed by atoms with E-state index in [1.54, 1.807) is 11.0 Å². The van der Waals surface area contributed by atoms with Crippen LogP contribution in [0.4, 0.5) is 0 Å². The molecule has 34 heavy (non-hydrogen) atoms. The summed E-state index contributed by atoms with van der Waals surface area (Å²) in [5, 5.41) is 17.9. The van der Waals surface area contributed by atoms with Gasteiger partial charge in [0.1, 0.15) is 17.1 Å². The average Bonchev–Trinajstić information content (AvgIpc) is 3.42. The topological polar surface area (TPSA) is 103 Å². The number of hydrogen-bond acceptors (Lipinski definition) is 5. The highest BCUT2D eigenvalue weighted by Gasteiger charge is 2.48. The summed E-state index contributed by atoms with van der Waals surface area (Å²) in [6.07, 6.45) is 0.410. The van der Waals surface area contributed by atoms with E-state index in [1.807, 2.05) is 31.2 Å². The van der Waals surface area contributed by atoms with Gasteiger partial charge in [0.05, 0.1) is 17.5 Å². The van der Waals surface area contributed by atoms with Gasteiger partial charge < -0.3 is 10.0 Å². The zero-order valence-corrected chi connectivity index (χ0v) is 20.6. The van der Waals surface area contributed by atoms with Crippen LogP contribution in [0, 0.1) is 6.92 Å². The van der Waals surface area contributed by atoms with Gasteiger partial charge >= 0.3 is 0 Å². The van der Waals surface area contributed by atoms with Crippen LogP contribution in [0.2, 0.25) is 0 Å². The number of aryl methyl sites for hydroxylation is 1. The first-order chi connectivity index (χ1) is 16.0. The molecule has 1 amide bonds. The maximum atomic E-state index is 13.6. The Morgan fingerprint density at radius 2 is 1.82 bits per heavy atom. The quantitative estimate of drug-likeness (QED) is 0.588. The maximum absolute atomic E-state index is 13.6. The van der Waals surface area contributed by atoms with Crippen molar-refractivity contribution in [2.24, 2.45) is 0 Å². The van der Waals surface area contributed by atoms with E-state index >= 15 is 0 Å². The molecule has 2 unspecified atom stereocenters. The number of aromatic hydroxyl groups is 1. The van der Waals surface area contributed by atoms with Crippen molar-refractivity contribution < 1.29 is 18.3 Å². The molecule has 5 rings (SSSR count). The molecule has 2 aliphatic rings. The zero-order chi connectivity index (χ0) is 24.4. The molecule has 0 saturated carbocycles. The van der Waals surface area contributed by atoms with Crippen LogP contribution in [-0.4, -0.2) is 52.1 Å². The first-order valence-electron chi connectivity index (χ1n) is 11.5. The van der Waals surface area contributed by atoms with Crippen molar-refractivity contribution in [3.63, 3.8) is 0 Å². The summed E-state index contributed by atoms with van der Waals surface area (Å²) in [4.78, 5) is 15.3. The molecule has 1 saturated heterocycles. The Labute approximate surface area is 199 Å². The van der Waals surface area contributed by atoms with Gasteiger partial charge in [-0.15, -0.1) is 0 Å². The summed E-state index contributed by atoms with van der Waals surface area (Å²) in [7, 11) is -3.19. The molecule has 3 aromatic rings. The van der Waals surface area contributed by atoms with Crippen molar-refractivity contribution in [2.45, 2.75) is 51.6 Å². The Hall–Kier alpha value is -3.13. The summed E-state index contributed by atoms with van der Waals surface area (Å²) in [6.45, 7) is 8.36. The van der Waals surface area contributed by atoms with Crippen LogP contribution in [0.1, 0.15) is 66.0 Å². The molecule has 2 atom stereocenters. The van der Waals surface area contributed by atoms with Crippen molar-refractivity contribution in [1.82, 2.24) is 15.1 Å². The van der Waals surface area contributed by atoms with Crippen molar-refractivity contribution in [3.05, 3.63) is 70.4 Å². The molecule has 1 fully saturated rings. The highest BCUT2D eigenvalue weighted by Crippen LogP contribution is 2.46. The minimum Gasteiger partial charge on any atom is -0.507 e. The second-order valence-electron chi connectivity index (χ2n) is 10.4. The van der Waals surface area contributed by atoms with E-state index in [2.05, 4.69) is 43.1 Å². The first kappa shape index (κ1) is 22.7. The third-order valence-electron chi connectivity index (χ3n) is 6.91. The highest BCUT2D eigenvalue weighted by atomic mass is 32.2. The third-order valence-corrected chi connectivity index (χ3v) is 8.66. The highest BCUT2D eigenvalue weighted by molar-refractivity contribution is 7.91. The number of phenols is 1. The van der Waals surface area contributed by atoms with Crippen LogP contribution >= 0.6 is 0 Å². The summed E-state index contributed by atoms with van der Waals surface area (Å²) in [6, 6.07) is 12.5. The van der Waals surface area contributed by atoms with E-state index in [4.69, 9.17) is 0 Å². The summed E-state index contributed by atoms with van der Waals surface area (Å²) >= 11 is 0. The van der Waals surface area contributed by atoms with Crippen molar-refractivity contribution >= 4 is 15.7 Å². The van der Waals surface area contributed by atoms with Crippen LogP contribution in [0.5, 0.6) is 5.75 Å². The molecule has 1 aromatic heterocycles. The standard InChI is InChI=1S/C26H29N3O4S/c1-15-5-10-20(30)19(13-15)22-21-23(28-27-22)25(31)29(18-11-12-34(32,33)14-18)24(21)16-6-8-17(9-7-16)26(2,3)4/h5-10,13,18,24,30H,11-12,14H2,1-4H3,(H,27,28). The van der Waals surface area contributed by atoms with Gasteiger partial charge in [0.15, 0.2) is 9.84 Å². The molecule has 0 bridgehead atoms. The fraction of sp³-hybridized carbons (Fsp3) is 0.385. The molecule has 2 N–H and O–H groups in total. The van der Waals surface area contributed by atoms with E-state index in [0.717, 1.165) is 11.1 Å². The summed E-state index contributed by atoms with van der Waals surface area (Å²) < 4.78 is 24.6. The monoisotopic (exact) mass is 479 g/mol. The lowest BCUT2D eigenvalue weighted by molar-refractivity contribution is 0.0677. The van der Waals surface area contributed by atoms with Gasteiger partial charge in [-0.3, -0.25) is 9.89 Å². The SMILES string of the molecule is Cc1ccc(O)c(-c2n[nH]c3c2C(c2ccc(C(C)(C)C)cc2)N(C2CCS(=O)(=O)C2)C3=O)c1. The number of sulfone groups is 1. The number of aromatic amines is 1. The van der Waals surface area contributed by atoms with Gasteiger partial charge in [-0.1, -0.05) is 56.7 Å². The molecule has 178 valence electrons. The van der Waals surface area contributed by atoms with E-state index < -0.39 is 21.9 Å². The number of aromatic nitrogens is 2. The average molecular weight is 480 g/mol. The lowest BCUT2D eigenvalue weighted by Gasteiger charge is -2.31. The number of nitrogens with zero attached hydrogens (tertiary/aromatic N) is 2. The molecule has 0 spiro atoms. The van der Waals surface area contributed by atoms with Crippen LogP contribution < -0.4 is 0 Å². The van der Waals surface area contributed by atoms with E-state index in [1.165, 1.54) is 5.56 Å². The number of benzene rings is 2. The Morgan fingerprint density at radius 1 is 1.12 bits per heavy atom. The van der Waals surface area contributed by atoms with Gasteiger partial charge in [-0.2, -0.15) is 5.10 Å². The second-order valence-corrected chi connectivity index (χ2v) is 12.7. The smallest absolute Gasteiger partial charge is 0.273 e. The minimum atomic E-state index is -3.19. The van der Waals surface area contributed by atoms with E-state index in [-0.39, 0.29) is 28.6 Å². The number of carbonyl (C=O) groups excluding carboxylic acids is 1. The maximum Gasteiger partial charge on any atom is 0.273 e. The Balaban J connectivity index is 1.68. The van der Waals surface area contributed by atoms with E-state index in [0.29, 0.717) is 28.9 Å². The number of carbonyl (C=O) groups is 1. The lowest BCUT2D eigenvalue weighted by Crippen LogP contribution is -2.40.